The number of rotatable bonds is 4. The van der Waals surface area contributed by atoms with Crippen LogP contribution in [0, 0.1) is 0 Å². The first-order valence-electron chi connectivity index (χ1n) is 8.69. The van der Waals surface area contributed by atoms with E-state index in [1.165, 1.54) is 12.1 Å². The van der Waals surface area contributed by atoms with Crippen molar-refractivity contribution >= 4 is 32.3 Å². The van der Waals surface area contributed by atoms with Gasteiger partial charge in [0.1, 0.15) is 16.7 Å². The van der Waals surface area contributed by atoms with Crippen LogP contribution in [0.5, 0.6) is 0 Å². The second-order valence-electron chi connectivity index (χ2n) is 6.94. The number of nitrogens with zero attached hydrogens (tertiary/aromatic N) is 1. The maximum Gasteiger partial charge on any atom is 0.210 e. The molecule has 0 N–H and O–H groups in total. The van der Waals surface area contributed by atoms with Gasteiger partial charge in [-0.25, -0.2) is 8.42 Å². The molecule has 0 saturated heterocycles. The predicted molar refractivity (Wildman–Crippen MR) is 104 cm³/mol. The monoisotopic (exact) mass is 369 g/mol. The molecule has 0 aromatic heterocycles. The lowest BCUT2D eigenvalue weighted by atomic mass is 9.79. The summed E-state index contributed by atoms with van der Waals surface area (Å²) < 4.78 is 36.8. The Hall–Kier alpha value is -2.24. The molecule has 0 bridgehead atoms. The highest BCUT2D eigenvalue weighted by atomic mass is 32.2. The van der Waals surface area contributed by atoms with Crippen molar-refractivity contribution in [2.45, 2.75) is 38.0 Å². The van der Waals surface area contributed by atoms with Crippen molar-refractivity contribution in [3.05, 3.63) is 60.2 Å². The van der Waals surface area contributed by atoms with Crippen molar-refractivity contribution in [2.75, 3.05) is 6.54 Å². The van der Waals surface area contributed by atoms with Gasteiger partial charge in [0.15, 0.2) is 5.71 Å². The van der Waals surface area contributed by atoms with E-state index in [4.69, 9.17) is 0 Å². The zero-order chi connectivity index (χ0) is 19.1. The first-order chi connectivity index (χ1) is 12.2. The van der Waals surface area contributed by atoms with E-state index in [-0.39, 0.29) is 10.3 Å². The molecule has 0 unspecified atom stereocenters. The quantitative estimate of drug-likeness (QED) is 0.459. The molecule has 1 aliphatic heterocycles. The molecule has 26 heavy (non-hydrogen) atoms. The van der Waals surface area contributed by atoms with Gasteiger partial charge in [0.25, 0.3) is 0 Å². The van der Waals surface area contributed by atoms with Gasteiger partial charge in [-0.3, -0.25) is 0 Å². The first kappa shape index (κ1) is 18.5. The summed E-state index contributed by atoms with van der Waals surface area (Å²) in [6.07, 6.45) is 8.08. The van der Waals surface area contributed by atoms with Crippen LogP contribution in [-0.4, -0.2) is 29.8 Å². The number of hydrogen-bond donors (Lipinski definition) is 0. The van der Waals surface area contributed by atoms with Crippen LogP contribution >= 0.6 is 0 Å². The minimum absolute atomic E-state index is 0.185. The Morgan fingerprint density at radius 2 is 1.85 bits per heavy atom. The number of hydrogen-bond acceptors (Lipinski definition) is 3. The molecule has 2 aromatic carbocycles. The summed E-state index contributed by atoms with van der Waals surface area (Å²) in [5.41, 5.74) is 2.96. The summed E-state index contributed by atoms with van der Waals surface area (Å²) in [4.78, 5) is -0.185. The topological polar surface area (TPSA) is 60.2 Å². The van der Waals surface area contributed by atoms with E-state index < -0.39 is 10.1 Å². The number of allylic oxidation sites excluding steroid dienone is 4. The van der Waals surface area contributed by atoms with E-state index in [0.29, 0.717) is 0 Å². The zero-order valence-electron chi connectivity index (χ0n) is 15.5. The van der Waals surface area contributed by atoms with Crippen molar-refractivity contribution in [2.24, 2.45) is 0 Å². The van der Waals surface area contributed by atoms with Gasteiger partial charge in [-0.1, -0.05) is 24.3 Å². The third-order valence-electron chi connectivity index (χ3n) is 4.98. The molecular weight excluding hydrogens is 346 g/mol. The molecule has 0 spiro atoms. The summed E-state index contributed by atoms with van der Waals surface area (Å²) in [7, 11) is -4.49. The van der Waals surface area contributed by atoms with Gasteiger partial charge >= 0.3 is 0 Å². The van der Waals surface area contributed by atoms with Crippen molar-refractivity contribution in [1.82, 2.24) is 0 Å². The molecule has 136 valence electrons. The average Bonchev–Trinajstić information content (AvgIpc) is 2.81. The molecule has 4 nitrogen and oxygen atoms in total. The summed E-state index contributed by atoms with van der Waals surface area (Å²) in [6, 6.07) is 8.66. The zero-order valence-corrected chi connectivity index (χ0v) is 16.3. The van der Waals surface area contributed by atoms with E-state index in [0.717, 1.165) is 34.3 Å². The van der Waals surface area contributed by atoms with E-state index in [2.05, 4.69) is 37.5 Å². The highest BCUT2D eigenvalue weighted by Crippen LogP contribution is 2.44. The molecule has 5 heteroatoms. The van der Waals surface area contributed by atoms with Gasteiger partial charge in [0.05, 0.1) is 10.3 Å². The summed E-state index contributed by atoms with van der Waals surface area (Å²) in [5.74, 6) is 0. The van der Waals surface area contributed by atoms with Crippen LogP contribution in [0.4, 0.5) is 5.69 Å². The molecular formula is C21H23NO3S. The van der Waals surface area contributed by atoms with E-state index in [1.54, 1.807) is 6.07 Å². The minimum atomic E-state index is -4.49. The van der Waals surface area contributed by atoms with Gasteiger partial charge in [-0.05, 0) is 56.7 Å². The van der Waals surface area contributed by atoms with Crippen LogP contribution in [-0.2, 0) is 15.5 Å². The fourth-order valence-corrected chi connectivity index (χ4v) is 4.31. The average molecular weight is 369 g/mol. The molecule has 0 aliphatic carbocycles. The summed E-state index contributed by atoms with van der Waals surface area (Å²) in [6.45, 7) is 9.14. The third-order valence-corrected chi connectivity index (χ3v) is 5.81. The normalized spacial score (nSPS) is 17.0. The maximum atomic E-state index is 11.5. The van der Waals surface area contributed by atoms with Gasteiger partial charge in [0.2, 0.25) is 5.69 Å². The van der Waals surface area contributed by atoms with Crippen molar-refractivity contribution in [1.29, 1.82) is 0 Å². The lowest BCUT2D eigenvalue weighted by Gasteiger charge is -2.18. The van der Waals surface area contributed by atoms with Crippen LogP contribution in [0.15, 0.2) is 59.5 Å². The van der Waals surface area contributed by atoms with Crippen LogP contribution < -0.4 is 0 Å². The second kappa shape index (κ2) is 6.49. The van der Waals surface area contributed by atoms with Gasteiger partial charge in [-0.2, -0.15) is 4.58 Å². The Labute approximate surface area is 154 Å². The fraction of sp³-hybridized carbons (Fsp3) is 0.286. The Bertz CT molecular complexity index is 1070. The first-order valence-corrected chi connectivity index (χ1v) is 10.1. The third kappa shape index (κ3) is 2.91. The molecule has 0 fully saturated rings. The molecule has 0 radical (unpaired) electrons. The Morgan fingerprint density at radius 1 is 1.15 bits per heavy atom. The minimum Gasteiger partial charge on any atom is -0.744 e. The molecule has 0 atom stereocenters. The van der Waals surface area contributed by atoms with Gasteiger partial charge < -0.3 is 4.55 Å². The van der Waals surface area contributed by atoms with E-state index >= 15 is 0 Å². The standard InChI is InChI=1S/C21H23NO3S/c1-5-7-8-9-19-21(3,4)20-17-14-16(26(23,24)25)12-10-15(17)11-13-18(20)22(19)6-2/h5,7-14H,6H2,1-4H3/b7-5+,9-8+. The molecule has 0 saturated carbocycles. The van der Waals surface area contributed by atoms with Crippen molar-refractivity contribution in [3.8, 4) is 0 Å². The Morgan fingerprint density at radius 3 is 2.46 bits per heavy atom. The molecule has 1 heterocycles. The number of benzene rings is 2. The van der Waals surface area contributed by atoms with Crippen molar-refractivity contribution < 1.29 is 17.5 Å². The van der Waals surface area contributed by atoms with E-state index in [1.807, 2.05) is 31.2 Å². The SMILES string of the molecule is C/C=C/C=C/C1=[N+](CC)c2ccc3ccc(S(=O)(=O)[O-])cc3c2C1(C)C. The lowest BCUT2D eigenvalue weighted by molar-refractivity contribution is -0.433. The van der Waals surface area contributed by atoms with Gasteiger partial charge in [0, 0.05) is 17.7 Å². The highest BCUT2D eigenvalue weighted by molar-refractivity contribution is 7.85. The summed E-state index contributed by atoms with van der Waals surface area (Å²) in [5, 5.41) is 1.75. The highest BCUT2D eigenvalue weighted by Gasteiger charge is 2.44. The fourth-order valence-electron chi connectivity index (χ4n) is 3.82. The largest absolute Gasteiger partial charge is 0.744 e. The molecule has 2 aromatic rings. The van der Waals surface area contributed by atoms with Crippen LogP contribution in [0.2, 0.25) is 0 Å². The second-order valence-corrected chi connectivity index (χ2v) is 8.32. The lowest BCUT2D eigenvalue weighted by Crippen LogP contribution is -2.27. The van der Waals surface area contributed by atoms with Gasteiger partial charge in [-0.15, -0.1) is 0 Å². The predicted octanol–water partition coefficient (Wildman–Crippen LogP) is 4.27. The Balaban J connectivity index is 2.33. The Kier molecular flexibility index (Phi) is 4.63. The van der Waals surface area contributed by atoms with Crippen LogP contribution in [0.25, 0.3) is 10.8 Å². The number of fused-ring (bicyclic) bond motifs is 3. The summed E-state index contributed by atoms with van der Waals surface area (Å²) >= 11 is 0. The van der Waals surface area contributed by atoms with Crippen LogP contribution in [0.3, 0.4) is 0 Å². The van der Waals surface area contributed by atoms with Crippen LogP contribution in [0.1, 0.15) is 33.3 Å². The van der Waals surface area contributed by atoms with Crippen molar-refractivity contribution in [3.63, 3.8) is 0 Å². The van der Waals surface area contributed by atoms with E-state index in [9.17, 15) is 13.0 Å². The molecule has 3 rings (SSSR count). The molecule has 1 aliphatic rings. The smallest absolute Gasteiger partial charge is 0.210 e. The maximum absolute atomic E-state index is 11.5. The molecule has 0 amide bonds.